The molecule has 1 aromatic carbocycles. The van der Waals surface area contributed by atoms with Crippen molar-refractivity contribution in [3.8, 4) is 0 Å². The second-order valence-corrected chi connectivity index (χ2v) is 5.09. The van der Waals surface area contributed by atoms with Crippen molar-refractivity contribution in [2.45, 2.75) is 32.2 Å². The summed E-state index contributed by atoms with van der Waals surface area (Å²) in [7, 11) is 0. The minimum Gasteiger partial charge on any atom is -0.354 e. The molecule has 102 valence electrons. The first kappa shape index (κ1) is 17.4. The number of carbonyl (C=O) groups excluding carboxylic acids is 1. The first-order valence-electron chi connectivity index (χ1n) is 5.85. The van der Waals surface area contributed by atoms with Crippen LogP contribution in [0.1, 0.15) is 25.3 Å². The van der Waals surface area contributed by atoms with Crippen molar-refractivity contribution in [3.05, 3.63) is 34.3 Å². The van der Waals surface area contributed by atoms with Gasteiger partial charge in [-0.3, -0.25) is 4.79 Å². The molecular formula is C13H20BrClN2O. The van der Waals surface area contributed by atoms with E-state index in [0.717, 1.165) is 17.3 Å². The molecule has 0 spiro atoms. The molecule has 18 heavy (non-hydrogen) atoms. The van der Waals surface area contributed by atoms with Crippen LogP contribution in [0.25, 0.3) is 0 Å². The van der Waals surface area contributed by atoms with E-state index in [1.165, 1.54) is 5.56 Å². The predicted molar refractivity (Wildman–Crippen MR) is 81.0 cm³/mol. The van der Waals surface area contributed by atoms with Crippen LogP contribution in [0.2, 0.25) is 0 Å². The maximum atomic E-state index is 11.3. The van der Waals surface area contributed by atoms with Crippen molar-refractivity contribution in [2.75, 3.05) is 6.54 Å². The summed E-state index contributed by atoms with van der Waals surface area (Å²) >= 11 is 3.41. The van der Waals surface area contributed by atoms with Crippen LogP contribution in [0.5, 0.6) is 0 Å². The number of carbonyl (C=O) groups is 1. The fourth-order valence-corrected chi connectivity index (χ4v) is 1.85. The molecule has 1 aromatic rings. The molecule has 0 saturated heterocycles. The Bertz CT molecular complexity index is 357. The molecule has 0 fully saturated rings. The van der Waals surface area contributed by atoms with E-state index >= 15 is 0 Å². The molecule has 0 aliphatic carbocycles. The molecule has 0 bridgehead atoms. The highest BCUT2D eigenvalue weighted by molar-refractivity contribution is 9.10. The van der Waals surface area contributed by atoms with Gasteiger partial charge in [0.05, 0.1) is 0 Å². The molecule has 1 unspecified atom stereocenters. The zero-order valence-electron chi connectivity index (χ0n) is 10.5. The third-order valence-corrected chi connectivity index (χ3v) is 3.09. The number of hydrogen-bond acceptors (Lipinski definition) is 2. The summed E-state index contributed by atoms with van der Waals surface area (Å²) in [5, 5.41) is 2.93. The molecule has 0 aliphatic rings. The summed E-state index contributed by atoms with van der Waals surface area (Å²) in [5.74, 6) is 0.0378. The highest BCUT2D eigenvalue weighted by atomic mass is 79.9. The normalized spacial score (nSPS) is 11.5. The Kier molecular flexibility index (Phi) is 9.06. The first-order valence-corrected chi connectivity index (χ1v) is 6.65. The van der Waals surface area contributed by atoms with Gasteiger partial charge in [-0.15, -0.1) is 12.4 Å². The molecule has 5 heteroatoms. The van der Waals surface area contributed by atoms with Gasteiger partial charge in [0, 0.05) is 23.5 Å². The third-order valence-electron chi connectivity index (χ3n) is 2.56. The number of nitrogens with two attached hydrogens (primary N) is 1. The van der Waals surface area contributed by atoms with Crippen LogP contribution in [0.15, 0.2) is 28.7 Å². The van der Waals surface area contributed by atoms with Crippen LogP contribution in [0, 0.1) is 0 Å². The average molecular weight is 336 g/mol. The molecule has 3 N–H and O–H groups in total. The van der Waals surface area contributed by atoms with Crippen molar-refractivity contribution < 1.29 is 4.79 Å². The second-order valence-electron chi connectivity index (χ2n) is 4.17. The zero-order valence-corrected chi connectivity index (χ0v) is 12.9. The number of hydrogen-bond donors (Lipinski definition) is 2. The summed E-state index contributed by atoms with van der Waals surface area (Å²) in [6, 6.07) is 8.45. The van der Waals surface area contributed by atoms with Crippen LogP contribution in [-0.4, -0.2) is 18.5 Å². The number of rotatable bonds is 6. The molecule has 0 heterocycles. The van der Waals surface area contributed by atoms with Gasteiger partial charge in [0.1, 0.15) is 0 Å². The summed E-state index contributed by atoms with van der Waals surface area (Å²) in [6.07, 6.45) is 2.32. The van der Waals surface area contributed by atoms with Crippen molar-refractivity contribution in [3.63, 3.8) is 0 Å². The van der Waals surface area contributed by atoms with Gasteiger partial charge < -0.3 is 11.1 Å². The quantitative estimate of drug-likeness (QED) is 0.840. The van der Waals surface area contributed by atoms with Gasteiger partial charge in [-0.1, -0.05) is 28.1 Å². The molecule has 0 aliphatic heterocycles. The van der Waals surface area contributed by atoms with E-state index in [0.29, 0.717) is 13.0 Å². The minimum atomic E-state index is 0. The molecule has 1 amide bonds. The summed E-state index contributed by atoms with van der Waals surface area (Å²) in [5.41, 5.74) is 6.60. The number of aryl methyl sites for hydroxylation is 1. The van der Waals surface area contributed by atoms with Crippen LogP contribution < -0.4 is 11.1 Å². The van der Waals surface area contributed by atoms with Gasteiger partial charge in [0.15, 0.2) is 0 Å². The number of nitrogens with one attached hydrogen (secondary N) is 1. The lowest BCUT2D eigenvalue weighted by Crippen LogP contribution is -2.33. The third kappa shape index (κ3) is 6.99. The maximum Gasteiger partial charge on any atom is 0.221 e. The van der Waals surface area contributed by atoms with Gasteiger partial charge in [0.25, 0.3) is 0 Å². The molecule has 0 aromatic heterocycles. The Morgan fingerprint density at radius 1 is 1.39 bits per heavy atom. The molecule has 0 radical (unpaired) electrons. The maximum absolute atomic E-state index is 11.3. The van der Waals surface area contributed by atoms with E-state index in [9.17, 15) is 4.79 Å². The molecule has 1 atom stereocenters. The fourth-order valence-electron chi connectivity index (χ4n) is 1.58. The van der Waals surface area contributed by atoms with E-state index in [1.807, 2.05) is 19.1 Å². The molecule has 0 saturated carbocycles. The van der Waals surface area contributed by atoms with Gasteiger partial charge >= 0.3 is 0 Å². The first-order chi connectivity index (χ1) is 8.11. The van der Waals surface area contributed by atoms with Crippen LogP contribution in [0.3, 0.4) is 0 Å². The Balaban J connectivity index is 0.00000289. The summed E-state index contributed by atoms with van der Waals surface area (Å²) in [4.78, 5) is 11.3. The fraction of sp³-hybridized carbons (Fsp3) is 0.462. The number of amides is 1. The standard InChI is InChI=1S/C13H19BrN2O.ClH/c1-10(16-13(17)8-9-15)2-3-11-4-6-12(14)7-5-11;/h4-7,10H,2-3,8-9,15H2,1H3,(H,16,17);1H. The SMILES string of the molecule is CC(CCc1ccc(Br)cc1)NC(=O)CCN.Cl. The van der Waals surface area contributed by atoms with Crippen LogP contribution in [-0.2, 0) is 11.2 Å². The lowest BCUT2D eigenvalue weighted by Gasteiger charge is -2.13. The number of halogens is 2. The Labute approximate surface area is 123 Å². The van der Waals surface area contributed by atoms with E-state index < -0.39 is 0 Å². The topological polar surface area (TPSA) is 55.1 Å². The van der Waals surface area contributed by atoms with Gasteiger partial charge in [-0.2, -0.15) is 0 Å². The van der Waals surface area contributed by atoms with Crippen molar-refractivity contribution in [1.29, 1.82) is 0 Å². The molecule has 3 nitrogen and oxygen atoms in total. The van der Waals surface area contributed by atoms with E-state index in [2.05, 4.69) is 33.4 Å². The van der Waals surface area contributed by atoms with Crippen molar-refractivity contribution in [2.24, 2.45) is 5.73 Å². The smallest absolute Gasteiger partial charge is 0.221 e. The van der Waals surface area contributed by atoms with Crippen LogP contribution >= 0.6 is 28.3 Å². The lowest BCUT2D eigenvalue weighted by atomic mass is 10.1. The van der Waals surface area contributed by atoms with Gasteiger partial charge in [-0.25, -0.2) is 0 Å². The minimum absolute atomic E-state index is 0. The summed E-state index contributed by atoms with van der Waals surface area (Å²) < 4.78 is 1.09. The second kappa shape index (κ2) is 9.36. The Morgan fingerprint density at radius 3 is 2.56 bits per heavy atom. The van der Waals surface area contributed by atoms with Crippen LogP contribution in [0.4, 0.5) is 0 Å². The summed E-state index contributed by atoms with van der Waals surface area (Å²) in [6.45, 7) is 2.43. The van der Waals surface area contributed by atoms with E-state index in [1.54, 1.807) is 0 Å². The van der Waals surface area contributed by atoms with Gasteiger partial charge in [-0.05, 0) is 37.5 Å². The van der Waals surface area contributed by atoms with E-state index in [-0.39, 0.29) is 24.4 Å². The average Bonchev–Trinajstić information content (AvgIpc) is 2.28. The highest BCUT2D eigenvalue weighted by Crippen LogP contribution is 2.12. The predicted octanol–water partition coefficient (Wildman–Crippen LogP) is 2.66. The Morgan fingerprint density at radius 2 is 2.00 bits per heavy atom. The lowest BCUT2D eigenvalue weighted by molar-refractivity contribution is -0.121. The van der Waals surface area contributed by atoms with Gasteiger partial charge in [0.2, 0.25) is 5.91 Å². The van der Waals surface area contributed by atoms with Crippen molar-refractivity contribution in [1.82, 2.24) is 5.32 Å². The largest absolute Gasteiger partial charge is 0.354 e. The molecule has 1 rings (SSSR count). The van der Waals surface area contributed by atoms with Crippen molar-refractivity contribution >= 4 is 34.2 Å². The number of benzene rings is 1. The zero-order chi connectivity index (χ0) is 12.7. The van der Waals surface area contributed by atoms with E-state index in [4.69, 9.17) is 5.73 Å². The highest BCUT2D eigenvalue weighted by Gasteiger charge is 2.06. The molecular weight excluding hydrogens is 316 g/mol. The monoisotopic (exact) mass is 334 g/mol. The Hall–Kier alpha value is -0.580.